The number of ether oxygens (including phenoxy) is 1. The third-order valence-electron chi connectivity index (χ3n) is 7.11. The summed E-state index contributed by atoms with van der Waals surface area (Å²) in [5, 5.41) is 6.33. The number of hydrogen-bond acceptors (Lipinski definition) is 10. The van der Waals surface area contributed by atoms with Crippen LogP contribution < -0.4 is 20.3 Å². The zero-order chi connectivity index (χ0) is 29.1. The number of amidine groups is 1. The van der Waals surface area contributed by atoms with Crippen LogP contribution in [0, 0.1) is 11.7 Å². The Morgan fingerprint density at radius 1 is 0.976 bits per heavy atom. The smallest absolute Gasteiger partial charge is 0.275 e. The van der Waals surface area contributed by atoms with Crippen molar-refractivity contribution in [3.8, 4) is 5.88 Å². The number of fused-ring (bicyclic) bond motifs is 1. The lowest BCUT2D eigenvalue weighted by Crippen LogP contribution is -2.42. The van der Waals surface area contributed by atoms with Crippen molar-refractivity contribution in [3.05, 3.63) is 102 Å². The number of halogens is 1. The Bertz CT molecular complexity index is 1640. The van der Waals surface area contributed by atoms with E-state index in [9.17, 15) is 14.0 Å². The van der Waals surface area contributed by atoms with Crippen LogP contribution in [0.25, 0.3) is 0 Å². The maximum absolute atomic E-state index is 13.6. The predicted molar refractivity (Wildman–Crippen MR) is 156 cm³/mol. The molecule has 2 aromatic heterocycles. The number of aliphatic imine (C=N–C) groups is 1. The molecule has 2 aromatic carbocycles. The van der Waals surface area contributed by atoms with Crippen LogP contribution in [0.4, 0.5) is 16.0 Å². The summed E-state index contributed by atoms with van der Waals surface area (Å²) >= 11 is 1.47. The highest BCUT2D eigenvalue weighted by Gasteiger charge is 2.51. The van der Waals surface area contributed by atoms with E-state index in [1.54, 1.807) is 30.3 Å². The second kappa shape index (κ2) is 11.5. The Balaban J connectivity index is 1.33. The van der Waals surface area contributed by atoms with Gasteiger partial charge in [-0.2, -0.15) is 0 Å². The van der Waals surface area contributed by atoms with Crippen molar-refractivity contribution in [1.29, 1.82) is 0 Å². The van der Waals surface area contributed by atoms with Crippen molar-refractivity contribution < 1.29 is 18.7 Å². The van der Waals surface area contributed by atoms with Crippen molar-refractivity contribution in [3.63, 3.8) is 0 Å². The molecule has 0 spiro atoms. The number of thioether (sulfide) groups is 1. The number of methoxy groups -OCH3 is 1. The molecular formula is C29H25FN8O3S. The molecule has 0 bridgehead atoms. The van der Waals surface area contributed by atoms with Gasteiger partial charge in [0.2, 0.25) is 11.8 Å². The molecule has 4 heterocycles. The first-order valence-corrected chi connectivity index (χ1v) is 14.0. The summed E-state index contributed by atoms with van der Waals surface area (Å²) < 4.78 is 18.6. The Labute approximate surface area is 244 Å². The second-order valence-electron chi connectivity index (χ2n) is 9.73. The topological polar surface area (TPSA) is 135 Å². The van der Waals surface area contributed by atoms with Crippen LogP contribution >= 0.6 is 11.8 Å². The average Bonchev–Trinajstić information content (AvgIpc) is 3.42. The van der Waals surface area contributed by atoms with Gasteiger partial charge in [0.05, 0.1) is 38.4 Å². The average molecular weight is 585 g/mol. The van der Waals surface area contributed by atoms with E-state index in [0.717, 1.165) is 18.0 Å². The standard InChI is InChI=1S/C29H25FN8O3S/c1-41-24-14-31-23(13-32-24)26(40)35-22-9-5-8-19(10-22)29-17-38(27-33-11-21(30)12-34-27)15-20(29)16-42-28(37-29)36-25(39)18-6-3-2-4-7-18/h2-14,20H,15-17H2,1H3,(H,35,40)(H,36,37,39). The summed E-state index contributed by atoms with van der Waals surface area (Å²) in [6.07, 6.45) is 4.99. The fourth-order valence-corrected chi connectivity index (χ4v) is 6.18. The van der Waals surface area contributed by atoms with Crippen molar-refractivity contribution >= 4 is 40.4 Å². The second-order valence-corrected chi connectivity index (χ2v) is 10.7. The van der Waals surface area contributed by atoms with Crippen molar-refractivity contribution in [2.75, 3.05) is 36.2 Å². The molecule has 4 aromatic rings. The largest absolute Gasteiger partial charge is 0.480 e. The Morgan fingerprint density at radius 2 is 1.79 bits per heavy atom. The fourth-order valence-electron chi connectivity index (χ4n) is 5.05. The van der Waals surface area contributed by atoms with E-state index in [4.69, 9.17) is 9.73 Å². The quantitative estimate of drug-likeness (QED) is 0.349. The van der Waals surface area contributed by atoms with Crippen LogP contribution in [0.3, 0.4) is 0 Å². The van der Waals surface area contributed by atoms with Crippen molar-refractivity contribution in [2.24, 2.45) is 10.9 Å². The Hall–Kier alpha value is -4.91. The molecule has 0 aliphatic carbocycles. The lowest BCUT2D eigenvalue weighted by molar-refractivity contribution is 0.0975. The van der Waals surface area contributed by atoms with Crippen LogP contribution in [0.1, 0.15) is 26.4 Å². The first-order chi connectivity index (χ1) is 20.4. The fraction of sp³-hybridized carbons (Fsp3) is 0.207. The van der Waals surface area contributed by atoms with Gasteiger partial charge >= 0.3 is 0 Å². The van der Waals surface area contributed by atoms with E-state index in [-0.39, 0.29) is 17.5 Å². The predicted octanol–water partition coefficient (Wildman–Crippen LogP) is 3.53. The minimum Gasteiger partial charge on any atom is -0.480 e. The number of carbonyl (C=O) groups is 2. The van der Waals surface area contributed by atoms with Gasteiger partial charge in [0.15, 0.2) is 11.0 Å². The number of nitrogens with one attached hydrogen (secondary N) is 2. The molecule has 6 rings (SSSR count). The highest BCUT2D eigenvalue weighted by Crippen LogP contribution is 2.46. The summed E-state index contributed by atoms with van der Waals surface area (Å²) in [6, 6.07) is 16.4. The van der Waals surface area contributed by atoms with Crippen LogP contribution in [0.5, 0.6) is 5.88 Å². The van der Waals surface area contributed by atoms with Gasteiger partial charge < -0.3 is 20.3 Å². The molecule has 2 N–H and O–H groups in total. The number of amides is 2. The molecule has 13 heteroatoms. The van der Waals surface area contributed by atoms with Gasteiger partial charge in [-0.15, -0.1) is 0 Å². The number of aromatic nitrogens is 4. The molecule has 1 saturated heterocycles. The van der Waals surface area contributed by atoms with Gasteiger partial charge in [-0.3, -0.25) is 9.59 Å². The minimum atomic E-state index is -0.803. The normalized spacial score (nSPS) is 19.4. The minimum absolute atomic E-state index is 0.00642. The molecule has 0 radical (unpaired) electrons. The van der Waals surface area contributed by atoms with Gasteiger partial charge in [0.25, 0.3) is 11.8 Å². The van der Waals surface area contributed by atoms with Crippen molar-refractivity contribution in [2.45, 2.75) is 5.54 Å². The molecule has 2 unspecified atom stereocenters. The van der Waals surface area contributed by atoms with Gasteiger partial charge in [0.1, 0.15) is 11.2 Å². The highest BCUT2D eigenvalue weighted by molar-refractivity contribution is 8.13. The van der Waals surface area contributed by atoms with Gasteiger partial charge in [0, 0.05) is 29.5 Å². The first kappa shape index (κ1) is 27.3. The van der Waals surface area contributed by atoms with E-state index >= 15 is 0 Å². The maximum Gasteiger partial charge on any atom is 0.275 e. The lowest BCUT2D eigenvalue weighted by atomic mass is 9.81. The Kier molecular flexibility index (Phi) is 7.48. The molecule has 212 valence electrons. The molecule has 11 nitrogen and oxygen atoms in total. The van der Waals surface area contributed by atoms with E-state index in [2.05, 4.69) is 30.6 Å². The van der Waals surface area contributed by atoms with E-state index < -0.39 is 17.3 Å². The summed E-state index contributed by atoms with van der Waals surface area (Å²) in [5.41, 5.74) is 1.24. The molecule has 42 heavy (non-hydrogen) atoms. The Morgan fingerprint density at radius 3 is 2.52 bits per heavy atom. The third-order valence-corrected chi connectivity index (χ3v) is 8.14. The summed E-state index contributed by atoms with van der Waals surface area (Å²) in [7, 11) is 1.47. The zero-order valence-corrected chi connectivity index (χ0v) is 23.2. The van der Waals surface area contributed by atoms with Crippen LogP contribution in [-0.2, 0) is 5.54 Å². The third kappa shape index (κ3) is 5.50. The van der Waals surface area contributed by atoms with Gasteiger partial charge in [-0.05, 0) is 29.8 Å². The number of nitrogens with zero attached hydrogens (tertiary/aromatic N) is 6. The molecule has 2 aliphatic heterocycles. The molecular weight excluding hydrogens is 559 g/mol. The lowest BCUT2D eigenvalue weighted by Gasteiger charge is -2.35. The number of anilines is 2. The number of rotatable bonds is 6. The highest BCUT2D eigenvalue weighted by atomic mass is 32.2. The molecule has 2 amide bonds. The number of benzene rings is 2. The summed E-state index contributed by atoms with van der Waals surface area (Å²) in [6.45, 7) is 0.954. The molecule has 0 saturated carbocycles. The molecule has 2 atom stereocenters. The molecule has 1 fully saturated rings. The van der Waals surface area contributed by atoms with Gasteiger partial charge in [-0.25, -0.2) is 29.3 Å². The number of carbonyl (C=O) groups excluding carboxylic acids is 2. The zero-order valence-electron chi connectivity index (χ0n) is 22.4. The SMILES string of the molecule is COc1cnc(C(=O)Nc2cccc(C34CN(c5ncc(F)cn5)CC3CSC(NC(=O)c3ccccc3)=N4)c2)cn1. The van der Waals surface area contributed by atoms with E-state index in [1.807, 2.05) is 29.2 Å². The molecule has 2 aliphatic rings. The summed E-state index contributed by atoms with van der Waals surface area (Å²) in [5.74, 6) is 0.155. The van der Waals surface area contributed by atoms with Crippen molar-refractivity contribution in [1.82, 2.24) is 25.3 Å². The maximum atomic E-state index is 13.6. The van der Waals surface area contributed by atoms with Crippen LogP contribution in [-0.4, -0.2) is 62.9 Å². The van der Waals surface area contributed by atoms with Crippen LogP contribution in [0.15, 0.2) is 84.4 Å². The van der Waals surface area contributed by atoms with E-state index in [1.165, 1.54) is 31.3 Å². The number of hydrogen-bond donors (Lipinski definition) is 2. The first-order valence-electron chi connectivity index (χ1n) is 13.0. The summed E-state index contributed by atoms with van der Waals surface area (Å²) in [4.78, 5) is 49.5. The van der Waals surface area contributed by atoms with Crippen LogP contribution in [0.2, 0.25) is 0 Å². The van der Waals surface area contributed by atoms with Gasteiger partial charge in [-0.1, -0.05) is 42.1 Å². The van der Waals surface area contributed by atoms with E-state index in [0.29, 0.717) is 47.1 Å². The monoisotopic (exact) mass is 584 g/mol.